The fraction of sp³-hybridized carbons (Fsp3) is 0.438. The van der Waals surface area contributed by atoms with Crippen LogP contribution in [0.5, 0.6) is 0 Å². The highest BCUT2D eigenvalue weighted by atomic mass is 16.4. The van der Waals surface area contributed by atoms with Gasteiger partial charge in [-0.3, -0.25) is 4.90 Å². The van der Waals surface area contributed by atoms with Gasteiger partial charge in [0.15, 0.2) is 0 Å². The van der Waals surface area contributed by atoms with Crippen LogP contribution in [0.4, 0.5) is 4.79 Å². The molecular formula is C16H21NO2. The SMILES string of the molecule is C=CCN(C(=O)O)C1(c2ccccc2)CCCCC1. The third-order valence-corrected chi connectivity index (χ3v) is 4.05. The second-order valence-electron chi connectivity index (χ2n) is 5.14. The Balaban J connectivity index is 2.44. The lowest BCUT2D eigenvalue weighted by molar-refractivity contribution is 0.0550. The number of nitrogens with zero attached hydrogens (tertiary/aromatic N) is 1. The van der Waals surface area contributed by atoms with Gasteiger partial charge >= 0.3 is 6.09 Å². The molecule has 1 aliphatic rings. The number of benzene rings is 1. The van der Waals surface area contributed by atoms with E-state index in [0.717, 1.165) is 31.2 Å². The van der Waals surface area contributed by atoms with E-state index in [1.54, 1.807) is 11.0 Å². The van der Waals surface area contributed by atoms with Crippen LogP contribution in [0.15, 0.2) is 43.0 Å². The summed E-state index contributed by atoms with van der Waals surface area (Å²) in [6, 6.07) is 10.0. The van der Waals surface area contributed by atoms with Gasteiger partial charge in [-0.2, -0.15) is 0 Å². The molecule has 1 aromatic carbocycles. The van der Waals surface area contributed by atoms with Crippen LogP contribution < -0.4 is 0 Å². The summed E-state index contributed by atoms with van der Waals surface area (Å²) in [6.45, 7) is 4.08. The number of carboxylic acid groups (broad SMARTS) is 1. The summed E-state index contributed by atoms with van der Waals surface area (Å²) in [5, 5.41) is 9.56. The second-order valence-corrected chi connectivity index (χ2v) is 5.14. The van der Waals surface area contributed by atoms with E-state index in [1.165, 1.54) is 6.42 Å². The van der Waals surface area contributed by atoms with Crippen molar-refractivity contribution in [2.45, 2.75) is 37.6 Å². The summed E-state index contributed by atoms with van der Waals surface area (Å²) >= 11 is 0. The summed E-state index contributed by atoms with van der Waals surface area (Å²) in [5.41, 5.74) is 0.735. The van der Waals surface area contributed by atoms with Gasteiger partial charge < -0.3 is 5.11 Å². The molecule has 0 unspecified atom stereocenters. The average molecular weight is 259 g/mol. The molecule has 1 amide bonds. The summed E-state index contributed by atoms with van der Waals surface area (Å²) in [7, 11) is 0. The largest absolute Gasteiger partial charge is 0.465 e. The molecule has 0 bridgehead atoms. The van der Waals surface area contributed by atoms with Crippen molar-refractivity contribution in [1.29, 1.82) is 0 Å². The smallest absolute Gasteiger partial charge is 0.408 e. The molecule has 1 aromatic rings. The zero-order chi connectivity index (χ0) is 13.7. The van der Waals surface area contributed by atoms with Crippen LogP contribution in [0.3, 0.4) is 0 Å². The fourth-order valence-corrected chi connectivity index (χ4v) is 3.16. The lowest BCUT2D eigenvalue weighted by Gasteiger charge is -2.45. The third kappa shape index (κ3) is 2.65. The standard InChI is InChI=1S/C16H21NO2/c1-2-13-17(15(18)19)16(11-7-4-8-12-16)14-9-5-3-6-10-14/h2-3,5-6,9-10H,1,4,7-8,11-13H2,(H,18,19). The molecule has 1 N–H and O–H groups in total. The molecule has 0 heterocycles. The maximum absolute atomic E-state index is 11.6. The zero-order valence-electron chi connectivity index (χ0n) is 11.2. The number of rotatable bonds is 4. The summed E-state index contributed by atoms with van der Waals surface area (Å²) in [6.07, 6.45) is 5.97. The number of amides is 1. The van der Waals surface area contributed by atoms with Crippen molar-refractivity contribution in [2.75, 3.05) is 6.54 Å². The molecule has 0 saturated heterocycles. The van der Waals surface area contributed by atoms with Crippen molar-refractivity contribution in [3.8, 4) is 0 Å². The molecular weight excluding hydrogens is 238 g/mol. The van der Waals surface area contributed by atoms with Crippen LogP contribution in [0.2, 0.25) is 0 Å². The molecule has 1 saturated carbocycles. The van der Waals surface area contributed by atoms with E-state index in [4.69, 9.17) is 0 Å². The van der Waals surface area contributed by atoms with Gasteiger partial charge in [-0.25, -0.2) is 4.79 Å². The van der Waals surface area contributed by atoms with Crippen molar-refractivity contribution < 1.29 is 9.90 Å². The maximum atomic E-state index is 11.6. The molecule has 0 aliphatic heterocycles. The molecule has 0 aromatic heterocycles. The lowest BCUT2D eigenvalue weighted by Crippen LogP contribution is -2.50. The summed E-state index contributed by atoms with van der Waals surface area (Å²) in [4.78, 5) is 13.2. The lowest BCUT2D eigenvalue weighted by atomic mass is 9.75. The van der Waals surface area contributed by atoms with Crippen molar-refractivity contribution in [1.82, 2.24) is 4.90 Å². The van der Waals surface area contributed by atoms with Crippen molar-refractivity contribution in [3.05, 3.63) is 48.6 Å². The van der Waals surface area contributed by atoms with Gasteiger partial charge in [0.1, 0.15) is 0 Å². The van der Waals surface area contributed by atoms with E-state index < -0.39 is 6.09 Å². The maximum Gasteiger partial charge on any atom is 0.408 e. The molecule has 0 radical (unpaired) electrons. The third-order valence-electron chi connectivity index (χ3n) is 4.05. The average Bonchev–Trinajstić information content (AvgIpc) is 2.46. The zero-order valence-corrected chi connectivity index (χ0v) is 11.2. The Hall–Kier alpha value is -1.77. The molecule has 2 rings (SSSR count). The van der Waals surface area contributed by atoms with Crippen LogP contribution >= 0.6 is 0 Å². The number of hydrogen-bond donors (Lipinski definition) is 1. The Kier molecular flexibility index (Phi) is 4.25. The van der Waals surface area contributed by atoms with Crippen LogP contribution in [0, 0.1) is 0 Å². The van der Waals surface area contributed by atoms with E-state index in [0.29, 0.717) is 6.54 Å². The van der Waals surface area contributed by atoms with E-state index in [9.17, 15) is 9.90 Å². The van der Waals surface area contributed by atoms with Gasteiger partial charge in [0.05, 0.1) is 5.54 Å². The molecule has 0 spiro atoms. The number of hydrogen-bond acceptors (Lipinski definition) is 1. The van der Waals surface area contributed by atoms with Crippen LogP contribution in [-0.2, 0) is 5.54 Å². The predicted molar refractivity (Wildman–Crippen MR) is 76.1 cm³/mol. The Morgan fingerprint density at radius 3 is 2.42 bits per heavy atom. The highest BCUT2D eigenvalue weighted by molar-refractivity contribution is 5.67. The summed E-state index contributed by atoms with van der Waals surface area (Å²) in [5.74, 6) is 0. The predicted octanol–water partition coefficient (Wildman–Crippen LogP) is 4.01. The first-order valence-electron chi connectivity index (χ1n) is 6.88. The topological polar surface area (TPSA) is 40.5 Å². The molecule has 3 nitrogen and oxygen atoms in total. The molecule has 19 heavy (non-hydrogen) atoms. The van der Waals surface area contributed by atoms with Gasteiger partial charge in [-0.05, 0) is 18.4 Å². The van der Waals surface area contributed by atoms with Gasteiger partial charge in [-0.15, -0.1) is 6.58 Å². The monoisotopic (exact) mass is 259 g/mol. The molecule has 1 aliphatic carbocycles. The van der Waals surface area contributed by atoms with E-state index in [-0.39, 0.29) is 5.54 Å². The Labute approximate surface area is 114 Å². The molecule has 1 fully saturated rings. The van der Waals surface area contributed by atoms with Crippen LogP contribution in [-0.4, -0.2) is 22.6 Å². The van der Waals surface area contributed by atoms with E-state index >= 15 is 0 Å². The summed E-state index contributed by atoms with van der Waals surface area (Å²) < 4.78 is 0. The Morgan fingerprint density at radius 2 is 1.89 bits per heavy atom. The van der Waals surface area contributed by atoms with E-state index in [1.807, 2.05) is 30.3 Å². The van der Waals surface area contributed by atoms with E-state index in [2.05, 4.69) is 6.58 Å². The normalized spacial score (nSPS) is 17.7. The van der Waals surface area contributed by atoms with Gasteiger partial charge in [-0.1, -0.05) is 55.7 Å². The van der Waals surface area contributed by atoms with Crippen molar-refractivity contribution >= 4 is 6.09 Å². The highest BCUT2D eigenvalue weighted by Gasteiger charge is 2.41. The Bertz CT molecular complexity index is 435. The van der Waals surface area contributed by atoms with Gasteiger partial charge in [0, 0.05) is 6.54 Å². The molecule has 3 heteroatoms. The first-order chi connectivity index (χ1) is 9.20. The first-order valence-corrected chi connectivity index (χ1v) is 6.88. The minimum absolute atomic E-state index is 0.375. The highest BCUT2D eigenvalue weighted by Crippen LogP contribution is 2.42. The Morgan fingerprint density at radius 1 is 1.26 bits per heavy atom. The van der Waals surface area contributed by atoms with Crippen molar-refractivity contribution in [3.63, 3.8) is 0 Å². The minimum Gasteiger partial charge on any atom is -0.465 e. The minimum atomic E-state index is -0.856. The second kappa shape index (κ2) is 5.91. The van der Waals surface area contributed by atoms with Crippen LogP contribution in [0.25, 0.3) is 0 Å². The fourth-order valence-electron chi connectivity index (χ4n) is 3.16. The number of carbonyl (C=O) groups is 1. The van der Waals surface area contributed by atoms with Gasteiger partial charge in [0.25, 0.3) is 0 Å². The quantitative estimate of drug-likeness (QED) is 0.830. The first kappa shape index (κ1) is 13.7. The molecule has 0 atom stereocenters. The van der Waals surface area contributed by atoms with Crippen LogP contribution in [0.1, 0.15) is 37.7 Å². The van der Waals surface area contributed by atoms with Crippen molar-refractivity contribution in [2.24, 2.45) is 0 Å². The van der Waals surface area contributed by atoms with Gasteiger partial charge in [0.2, 0.25) is 0 Å². The molecule has 102 valence electrons.